The molecule has 3 saturated carbocycles. The molecular weight excluding hydrogens is 472 g/mol. The number of carbonyl (C=O) groups is 2. The smallest absolute Gasteiger partial charge is 0.303 e. The third kappa shape index (κ3) is 6.42. The Morgan fingerprint density at radius 1 is 0.974 bits per heavy atom. The van der Waals surface area contributed by atoms with Crippen molar-refractivity contribution in [3.63, 3.8) is 0 Å². The van der Waals surface area contributed by atoms with E-state index in [2.05, 4.69) is 40.7 Å². The zero-order chi connectivity index (χ0) is 27.5. The Balaban J connectivity index is 1.30. The molecule has 4 rings (SSSR count). The number of carboxylic acid groups (broad SMARTS) is 1. The maximum Gasteiger partial charge on any atom is 0.303 e. The van der Waals surface area contributed by atoms with E-state index in [4.69, 9.17) is 9.84 Å². The van der Waals surface area contributed by atoms with Gasteiger partial charge in [-0.15, -0.1) is 0 Å². The topological polar surface area (TPSA) is 63.6 Å². The molecule has 4 nitrogen and oxygen atoms in total. The maximum absolute atomic E-state index is 11.9. The van der Waals surface area contributed by atoms with Crippen LogP contribution >= 0.6 is 0 Å². The largest absolute Gasteiger partial charge is 0.481 e. The van der Waals surface area contributed by atoms with Crippen molar-refractivity contribution >= 4 is 11.8 Å². The molecule has 0 bridgehead atoms. The van der Waals surface area contributed by atoms with Gasteiger partial charge in [0.25, 0.3) is 0 Å². The zero-order valence-corrected chi connectivity index (χ0v) is 25.1. The fraction of sp³-hybridized carbons (Fsp3) is 0.882. The molecule has 0 amide bonds. The van der Waals surface area contributed by atoms with Crippen LogP contribution < -0.4 is 0 Å². The van der Waals surface area contributed by atoms with Gasteiger partial charge < -0.3 is 9.84 Å². The van der Waals surface area contributed by atoms with Crippen molar-refractivity contribution in [2.24, 2.45) is 46.3 Å². The first-order valence-corrected chi connectivity index (χ1v) is 16.1. The van der Waals surface area contributed by atoms with E-state index in [1.807, 2.05) is 0 Å². The Kier molecular flexibility index (Phi) is 9.86. The van der Waals surface area contributed by atoms with Crippen molar-refractivity contribution in [2.75, 3.05) is 6.61 Å². The number of hydrogen-bond acceptors (Lipinski definition) is 3. The molecule has 0 heterocycles. The van der Waals surface area contributed by atoms with Gasteiger partial charge in [-0.25, -0.2) is 0 Å². The van der Waals surface area contributed by atoms with Gasteiger partial charge in [0.1, 0.15) is 5.78 Å². The lowest BCUT2D eigenvalue weighted by Crippen LogP contribution is -2.51. The Labute approximate surface area is 232 Å². The molecule has 0 aromatic rings. The predicted octanol–water partition coefficient (Wildman–Crippen LogP) is 8.63. The number of rotatable bonds is 13. The lowest BCUT2D eigenvalue weighted by atomic mass is 9.47. The van der Waals surface area contributed by atoms with E-state index in [9.17, 15) is 9.59 Å². The predicted molar refractivity (Wildman–Crippen MR) is 154 cm³/mol. The highest BCUT2D eigenvalue weighted by molar-refractivity contribution is 5.82. The molecule has 0 aromatic heterocycles. The Morgan fingerprint density at radius 3 is 2.50 bits per heavy atom. The van der Waals surface area contributed by atoms with Crippen molar-refractivity contribution in [1.82, 2.24) is 0 Å². The first-order chi connectivity index (χ1) is 18.0. The highest BCUT2D eigenvalue weighted by atomic mass is 16.5. The molecular formula is C34H56O4. The molecule has 0 aliphatic heterocycles. The lowest BCUT2D eigenvalue weighted by Gasteiger charge is -2.58. The average Bonchev–Trinajstić information content (AvgIpc) is 3.22. The minimum Gasteiger partial charge on any atom is -0.481 e. The van der Waals surface area contributed by atoms with Gasteiger partial charge in [-0.3, -0.25) is 9.59 Å². The van der Waals surface area contributed by atoms with Crippen LogP contribution in [0.5, 0.6) is 0 Å². The van der Waals surface area contributed by atoms with Gasteiger partial charge in [0.2, 0.25) is 0 Å². The number of hydrogen-bond donors (Lipinski definition) is 1. The molecule has 1 N–H and O–H groups in total. The number of ether oxygens (including phenoxy) is 1. The first-order valence-electron chi connectivity index (χ1n) is 16.1. The summed E-state index contributed by atoms with van der Waals surface area (Å²) in [6, 6.07) is 0. The van der Waals surface area contributed by atoms with E-state index >= 15 is 0 Å². The Morgan fingerprint density at radius 2 is 1.76 bits per heavy atom. The number of fused-ring (bicyclic) bond motifs is 5. The zero-order valence-electron chi connectivity index (χ0n) is 25.1. The summed E-state index contributed by atoms with van der Waals surface area (Å²) in [5, 5.41) is 8.74. The van der Waals surface area contributed by atoms with Crippen LogP contribution in [0.15, 0.2) is 11.6 Å². The molecule has 0 unspecified atom stereocenters. The minimum atomic E-state index is -0.898. The van der Waals surface area contributed by atoms with E-state index in [0.717, 1.165) is 48.3 Å². The summed E-state index contributed by atoms with van der Waals surface area (Å²) < 4.78 is 6.25. The molecule has 0 saturated heterocycles. The molecule has 8 atom stereocenters. The van der Waals surface area contributed by atoms with Gasteiger partial charge in [-0.2, -0.15) is 0 Å². The van der Waals surface area contributed by atoms with Gasteiger partial charge in [0.05, 0.1) is 12.5 Å². The quantitative estimate of drug-likeness (QED) is 0.192. The Bertz CT molecular complexity index is 861. The summed E-state index contributed by atoms with van der Waals surface area (Å²) in [6.07, 6.45) is 18.8. The van der Waals surface area contributed by atoms with Crippen molar-refractivity contribution in [3.05, 3.63) is 11.6 Å². The fourth-order valence-corrected chi connectivity index (χ4v) is 9.69. The molecule has 0 aromatic carbocycles. The van der Waals surface area contributed by atoms with E-state index < -0.39 is 5.97 Å². The van der Waals surface area contributed by atoms with Crippen LogP contribution in [0.3, 0.4) is 0 Å². The molecule has 38 heavy (non-hydrogen) atoms. The van der Waals surface area contributed by atoms with Crippen LogP contribution in [0.2, 0.25) is 0 Å². The molecule has 0 radical (unpaired) electrons. The summed E-state index contributed by atoms with van der Waals surface area (Å²) in [6.45, 7) is 13.2. The molecule has 4 aliphatic rings. The van der Waals surface area contributed by atoms with Gasteiger partial charge in [0.15, 0.2) is 0 Å². The van der Waals surface area contributed by atoms with Crippen molar-refractivity contribution in [3.8, 4) is 0 Å². The van der Waals surface area contributed by atoms with Crippen LogP contribution in [0.4, 0.5) is 0 Å². The molecule has 216 valence electrons. The van der Waals surface area contributed by atoms with E-state index in [-0.39, 0.29) is 24.7 Å². The van der Waals surface area contributed by atoms with Crippen LogP contribution in [-0.2, 0) is 14.3 Å². The van der Waals surface area contributed by atoms with E-state index in [1.165, 1.54) is 57.8 Å². The van der Waals surface area contributed by atoms with Crippen LogP contribution in [-0.4, -0.2) is 29.6 Å². The number of aliphatic carboxylic acids is 1. The first kappa shape index (κ1) is 29.8. The summed E-state index contributed by atoms with van der Waals surface area (Å²) >= 11 is 0. The normalized spacial score (nSPS) is 37.2. The highest BCUT2D eigenvalue weighted by Crippen LogP contribution is 2.67. The van der Waals surface area contributed by atoms with E-state index in [1.54, 1.807) is 5.57 Å². The number of carbonyl (C=O) groups excluding carboxylic acids is 1. The number of allylic oxidation sites excluding steroid dienone is 1. The SMILES string of the molecule is CC(C)CCC[C@@H](C)[C@H]1CC[C@H]2[C@@H]3CC=C4C[C@@H](OCCCC(=O)CCC(=O)O)CC[C@]4(C)[C@H]3CC[C@]12C. The lowest BCUT2D eigenvalue weighted by molar-refractivity contribution is -0.138. The summed E-state index contributed by atoms with van der Waals surface area (Å²) in [5.41, 5.74) is 2.55. The second kappa shape index (κ2) is 12.6. The maximum atomic E-state index is 11.9. The third-order valence-electron chi connectivity index (χ3n) is 11.8. The molecule has 4 heteroatoms. The average molecular weight is 529 g/mol. The third-order valence-corrected chi connectivity index (χ3v) is 11.8. The van der Waals surface area contributed by atoms with Crippen LogP contribution in [0.1, 0.15) is 131 Å². The number of carboxylic acids is 1. The van der Waals surface area contributed by atoms with Crippen LogP contribution in [0, 0.1) is 46.3 Å². The molecule has 0 spiro atoms. The summed E-state index contributed by atoms with van der Waals surface area (Å²) in [7, 11) is 0. The second-order valence-electron chi connectivity index (χ2n) is 14.6. The highest BCUT2D eigenvalue weighted by Gasteiger charge is 2.59. The number of ketones is 1. The van der Waals surface area contributed by atoms with Gasteiger partial charge in [0, 0.05) is 19.4 Å². The Hall–Kier alpha value is -1.16. The van der Waals surface area contributed by atoms with E-state index in [0.29, 0.717) is 30.3 Å². The van der Waals surface area contributed by atoms with Crippen molar-refractivity contribution < 1.29 is 19.4 Å². The summed E-state index contributed by atoms with van der Waals surface area (Å²) in [4.78, 5) is 22.5. The summed E-state index contributed by atoms with van der Waals surface area (Å²) in [5.74, 6) is 4.36. The van der Waals surface area contributed by atoms with Crippen molar-refractivity contribution in [1.29, 1.82) is 0 Å². The standard InChI is InChI=1S/C34H56O4/c1-23(2)8-6-9-24(3)29-14-15-30-28-13-11-25-22-27(38-21-7-10-26(35)12-16-32(36)37)17-19-33(25,4)31(28)18-20-34(29,30)5/h11,23-24,27-31H,6-10,12-22H2,1-5H3,(H,36,37)/t24-,27+,28+,29-,30+,31+,33+,34-/m1/s1. The second-order valence-corrected chi connectivity index (χ2v) is 14.6. The van der Waals surface area contributed by atoms with Gasteiger partial charge in [-0.1, -0.05) is 65.5 Å². The number of Topliss-reactive ketones (excluding diaryl/α,β-unsaturated/α-hetero) is 1. The van der Waals surface area contributed by atoms with Crippen LogP contribution in [0.25, 0.3) is 0 Å². The molecule has 3 fully saturated rings. The monoisotopic (exact) mass is 528 g/mol. The van der Waals surface area contributed by atoms with Crippen molar-refractivity contribution in [2.45, 2.75) is 137 Å². The van der Waals surface area contributed by atoms with Gasteiger partial charge in [-0.05, 0) is 104 Å². The van der Waals surface area contributed by atoms with Gasteiger partial charge >= 0.3 is 5.97 Å². The minimum absolute atomic E-state index is 0.0386. The fourth-order valence-electron chi connectivity index (χ4n) is 9.69. The molecule has 4 aliphatic carbocycles.